The predicted octanol–water partition coefficient (Wildman–Crippen LogP) is 3.92. The first-order valence-corrected chi connectivity index (χ1v) is 12.5. The van der Waals surface area contributed by atoms with Gasteiger partial charge in [0.1, 0.15) is 5.75 Å². The minimum atomic E-state index is -3.80. The molecule has 180 valence electrons. The summed E-state index contributed by atoms with van der Waals surface area (Å²) in [6.45, 7) is 3.06. The van der Waals surface area contributed by atoms with Crippen LogP contribution in [0, 0.1) is 6.92 Å². The van der Waals surface area contributed by atoms with E-state index in [2.05, 4.69) is 5.32 Å². The molecule has 0 fully saturated rings. The van der Waals surface area contributed by atoms with Crippen molar-refractivity contribution in [3.63, 3.8) is 0 Å². The van der Waals surface area contributed by atoms with Gasteiger partial charge < -0.3 is 14.8 Å². The summed E-state index contributed by atoms with van der Waals surface area (Å²) in [4.78, 5) is 12.1. The summed E-state index contributed by atoms with van der Waals surface area (Å²) in [6, 6.07) is 22.9. The minimum Gasteiger partial charge on any atom is -0.484 e. The molecular weight excluding hydrogens is 452 g/mol. The van der Waals surface area contributed by atoms with Crippen LogP contribution in [0.3, 0.4) is 0 Å². The van der Waals surface area contributed by atoms with Crippen molar-refractivity contribution in [1.82, 2.24) is 5.32 Å². The van der Waals surface area contributed by atoms with Gasteiger partial charge in [0.2, 0.25) is 0 Å². The molecule has 3 aromatic carbocycles. The number of aryl methyl sites for hydroxylation is 1. The van der Waals surface area contributed by atoms with Crippen LogP contribution in [-0.2, 0) is 26.1 Å². The number of rotatable bonds is 12. The predicted molar refractivity (Wildman–Crippen MR) is 132 cm³/mol. The van der Waals surface area contributed by atoms with Gasteiger partial charge >= 0.3 is 0 Å². The van der Waals surface area contributed by atoms with E-state index in [-0.39, 0.29) is 24.0 Å². The monoisotopic (exact) mass is 482 g/mol. The van der Waals surface area contributed by atoms with Gasteiger partial charge in [0.05, 0.1) is 17.1 Å². The van der Waals surface area contributed by atoms with E-state index in [1.54, 1.807) is 55.6 Å². The molecule has 1 amide bonds. The Morgan fingerprint density at radius 3 is 2.26 bits per heavy atom. The zero-order valence-corrected chi connectivity index (χ0v) is 20.3. The molecule has 34 heavy (non-hydrogen) atoms. The third-order valence-electron chi connectivity index (χ3n) is 5.12. The molecule has 3 aromatic rings. The minimum absolute atomic E-state index is 0.123. The van der Waals surface area contributed by atoms with Gasteiger partial charge in [0.15, 0.2) is 6.61 Å². The average molecular weight is 483 g/mol. The summed E-state index contributed by atoms with van der Waals surface area (Å²) in [6.07, 6.45) is 0.726. The van der Waals surface area contributed by atoms with E-state index < -0.39 is 10.0 Å². The molecule has 0 atom stereocenters. The van der Waals surface area contributed by atoms with E-state index in [4.69, 9.17) is 9.47 Å². The van der Waals surface area contributed by atoms with E-state index in [0.717, 1.165) is 17.5 Å². The number of amides is 1. The molecule has 0 spiro atoms. The Kier molecular flexibility index (Phi) is 9.07. The van der Waals surface area contributed by atoms with Gasteiger partial charge in [-0.3, -0.25) is 9.10 Å². The third-order valence-corrected chi connectivity index (χ3v) is 6.91. The number of hydrogen-bond acceptors (Lipinski definition) is 5. The molecule has 0 unspecified atom stereocenters. The van der Waals surface area contributed by atoms with Crippen LogP contribution in [0.25, 0.3) is 0 Å². The van der Waals surface area contributed by atoms with Crippen molar-refractivity contribution in [2.24, 2.45) is 0 Å². The highest BCUT2D eigenvalue weighted by Gasteiger charge is 2.25. The van der Waals surface area contributed by atoms with Crippen LogP contribution >= 0.6 is 0 Å². The quantitative estimate of drug-likeness (QED) is 0.396. The molecule has 0 saturated heterocycles. The van der Waals surface area contributed by atoms with Crippen molar-refractivity contribution >= 4 is 21.6 Å². The van der Waals surface area contributed by atoms with Gasteiger partial charge in [-0.15, -0.1) is 0 Å². The normalized spacial score (nSPS) is 11.1. The fourth-order valence-corrected chi connectivity index (χ4v) is 4.71. The van der Waals surface area contributed by atoms with E-state index in [1.165, 1.54) is 4.31 Å². The Balaban J connectivity index is 1.76. The topological polar surface area (TPSA) is 84.9 Å². The molecule has 0 aliphatic heterocycles. The standard InChI is InChI=1S/C26H30N2O5S/c1-21-9-15-25(16-10-21)34(30,31)28(19-22-7-4-3-5-8-22)23-11-13-24(14-12-23)33-20-26(29)27-17-6-18-32-2/h3-5,7-16H,6,17-20H2,1-2H3,(H,27,29). The molecule has 7 nitrogen and oxygen atoms in total. The maximum absolute atomic E-state index is 13.5. The lowest BCUT2D eigenvalue weighted by atomic mass is 10.2. The van der Waals surface area contributed by atoms with Crippen LogP contribution in [0.15, 0.2) is 83.8 Å². The second kappa shape index (κ2) is 12.2. The van der Waals surface area contributed by atoms with Crippen molar-refractivity contribution in [3.05, 3.63) is 90.0 Å². The molecule has 8 heteroatoms. The summed E-state index contributed by atoms with van der Waals surface area (Å²) in [5.74, 6) is 0.246. The summed E-state index contributed by atoms with van der Waals surface area (Å²) < 4.78 is 38.9. The van der Waals surface area contributed by atoms with Crippen molar-refractivity contribution in [2.45, 2.75) is 24.8 Å². The summed E-state index contributed by atoms with van der Waals surface area (Å²) >= 11 is 0. The van der Waals surface area contributed by atoms with Crippen LogP contribution in [0.4, 0.5) is 5.69 Å². The Morgan fingerprint density at radius 1 is 0.941 bits per heavy atom. The molecule has 0 bridgehead atoms. The lowest BCUT2D eigenvalue weighted by Gasteiger charge is -2.25. The number of carbonyl (C=O) groups excluding carboxylic acids is 1. The molecule has 0 aliphatic rings. The van der Waals surface area contributed by atoms with Gasteiger partial charge in [-0.25, -0.2) is 8.42 Å². The van der Waals surface area contributed by atoms with Crippen LogP contribution in [0.2, 0.25) is 0 Å². The number of methoxy groups -OCH3 is 1. The van der Waals surface area contributed by atoms with Gasteiger partial charge in [0, 0.05) is 20.3 Å². The zero-order valence-electron chi connectivity index (χ0n) is 19.4. The molecule has 0 heterocycles. The first-order valence-electron chi connectivity index (χ1n) is 11.0. The summed E-state index contributed by atoms with van der Waals surface area (Å²) in [5.41, 5.74) is 2.35. The number of nitrogens with one attached hydrogen (secondary N) is 1. The van der Waals surface area contributed by atoms with Crippen LogP contribution in [-0.4, -0.2) is 41.2 Å². The van der Waals surface area contributed by atoms with Crippen molar-refractivity contribution in [2.75, 3.05) is 31.2 Å². The second-order valence-electron chi connectivity index (χ2n) is 7.79. The van der Waals surface area contributed by atoms with Crippen molar-refractivity contribution < 1.29 is 22.7 Å². The molecule has 0 aromatic heterocycles. The van der Waals surface area contributed by atoms with Gasteiger partial charge in [-0.2, -0.15) is 0 Å². The number of anilines is 1. The van der Waals surface area contributed by atoms with E-state index in [9.17, 15) is 13.2 Å². The van der Waals surface area contributed by atoms with E-state index in [1.807, 2.05) is 37.3 Å². The van der Waals surface area contributed by atoms with Gasteiger partial charge in [-0.1, -0.05) is 48.0 Å². The molecule has 0 aliphatic carbocycles. The molecule has 1 N–H and O–H groups in total. The average Bonchev–Trinajstić information content (AvgIpc) is 2.85. The van der Waals surface area contributed by atoms with Crippen molar-refractivity contribution in [1.29, 1.82) is 0 Å². The van der Waals surface area contributed by atoms with Crippen LogP contribution in [0.1, 0.15) is 17.5 Å². The Hall–Kier alpha value is -3.36. The SMILES string of the molecule is COCCCNC(=O)COc1ccc(N(Cc2ccccc2)S(=O)(=O)c2ccc(C)cc2)cc1. The van der Waals surface area contributed by atoms with E-state index >= 15 is 0 Å². The Morgan fingerprint density at radius 2 is 1.62 bits per heavy atom. The highest BCUT2D eigenvalue weighted by atomic mass is 32.2. The molecule has 0 saturated carbocycles. The molecule has 0 radical (unpaired) electrons. The fraction of sp³-hybridized carbons (Fsp3) is 0.269. The molecule has 3 rings (SSSR count). The Labute approximate surface area is 201 Å². The van der Waals surface area contributed by atoms with Gasteiger partial charge in [-0.05, 0) is 55.3 Å². The van der Waals surface area contributed by atoms with Crippen molar-refractivity contribution in [3.8, 4) is 5.75 Å². The highest BCUT2D eigenvalue weighted by molar-refractivity contribution is 7.92. The Bertz CT molecular complexity index is 1150. The number of carbonyl (C=O) groups is 1. The maximum Gasteiger partial charge on any atom is 0.264 e. The fourth-order valence-electron chi connectivity index (χ4n) is 3.25. The number of nitrogens with zero attached hydrogens (tertiary/aromatic N) is 1. The molecular formula is C26H30N2O5S. The summed E-state index contributed by atoms with van der Waals surface area (Å²) in [5, 5.41) is 2.76. The highest BCUT2D eigenvalue weighted by Crippen LogP contribution is 2.28. The maximum atomic E-state index is 13.5. The first-order chi connectivity index (χ1) is 16.4. The third kappa shape index (κ3) is 7.07. The second-order valence-corrected chi connectivity index (χ2v) is 9.65. The first kappa shape index (κ1) is 25.3. The van der Waals surface area contributed by atoms with Crippen LogP contribution in [0.5, 0.6) is 5.75 Å². The van der Waals surface area contributed by atoms with Gasteiger partial charge in [0.25, 0.3) is 15.9 Å². The number of ether oxygens (including phenoxy) is 2. The zero-order chi connectivity index (χ0) is 24.4. The lowest BCUT2D eigenvalue weighted by Crippen LogP contribution is -2.31. The van der Waals surface area contributed by atoms with E-state index in [0.29, 0.717) is 24.6 Å². The number of sulfonamides is 1. The largest absolute Gasteiger partial charge is 0.484 e. The number of benzene rings is 3. The number of hydrogen-bond donors (Lipinski definition) is 1. The lowest BCUT2D eigenvalue weighted by molar-refractivity contribution is -0.123. The summed E-state index contributed by atoms with van der Waals surface area (Å²) in [7, 11) is -2.19. The van der Waals surface area contributed by atoms with Crippen LogP contribution < -0.4 is 14.4 Å². The smallest absolute Gasteiger partial charge is 0.264 e.